The number of pyridine rings is 2. The van der Waals surface area contributed by atoms with Gasteiger partial charge in [0.15, 0.2) is 0 Å². The van der Waals surface area contributed by atoms with Gasteiger partial charge in [0, 0.05) is 43.9 Å². The van der Waals surface area contributed by atoms with E-state index in [-0.39, 0.29) is 5.91 Å². The molecule has 0 saturated carbocycles. The lowest BCUT2D eigenvalue weighted by Crippen LogP contribution is -2.24. The van der Waals surface area contributed by atoms with Crippen molar-refractivity contribution in [3.05, 3.63) is 47.9 Å². The lowest BCUT2D eigenvalue weighted by Gasteiger charge is -2.09. The molecule has 6 heteroatoms. The Morgan fingerprint density at radius 3 is 2.95 bits per heavy atom. The first-order chi connectivity index (χ1) is 9.74. The predicted octanol–water partition coefficient (Wildman–Crippen LogP) is 1.46. The van der Waals surface area contributed by atoms with Gasteiger partial charge in [-0.15, -0.1) is 0 Å². The van der Waals surface area contributed by atoms with Crippen LogP contribution in [0.5, 0.6) is 5.88 Å². The molecule has 104 valence electrons. The molecule has 0 aliphatic carbocycles. The largest absolute Gasteiger partial charge is 0.481 e. The highest BCUT2D eigenvalue weighted by Gasteiger charge is 2.10. The molecule has 0 radical (unpaired) electrons. The number of ether oxygens (including phenoxy) is 1. The molecule has 0 aliphatic rings. The second-order valence-corrected chi connectivity index (χ2v) is 4.06. The Bertz CT molecular complexity index is 601. The third-order valence-corrected chi connectivity index (χ3v) is 2.80. The Morgan fingerprint density at radius 1 is 1.35 bits per heavy atom. The number of rotatable bonds is 5. The van der Waals surface area contributed by atoms with E-state index in [1.807, 2.05) is 6.07 Å². The first-order valence-electron chi connectivity index (χ1n) is 6.13. The predicted molar refractivity (Wildman–Crippen MR) is 75.7 cm³/mol. The van der Waals surface area contributed by atoms with E-state index in [4.69, 9.17) is 4.74 Å². The van der Waals surface area contributed by atoms with Crippen LogP contribution >= 0.6 is 0 Å². The van der Waals surface area contributed by atoms with Gasteiger partial charge in [0.05, 0.1) is 12.7 Å². The first kappa shape index (κ1) is 13.8. The highest BCUT2D eigenvalue weighted by atomic mass is 16.5. The minimum absolute atomic E-state index is 0.182. The second-order valence-electron chi connectivity index (χ2n) is 4.06. The Labute approximate surface area is 117 Å². The molecular weight excluding hydrogens is 256 g/mol. The minimum atomic E-state index is -0.182. The van der Waals surface area contributed by atoms with Crippen molar-refractivity contribution in [2.24, 2.45) is 0 Å². The van der Waals surface area contributed by atoms with Crippen molar-refractivity contribution in [1.82, 2.24) is 15.3 Å². The molecule has 0 aromatic carbocycles. The average Bonchev–Trinajstić information content (AvgIpc) is 2.52. The van der Waals surface area contributed by atoms with Crippen molar-refractivity contribution in [2.75, 3.05) is 19.5 Å². The van der Waals surface area contributed by atoms with Gasteiger partial charge < -0.3 is 15.4 Å². The molecule has 6 nitrogen and oxygen atoms in total. The standard InChI is InChI=1S/C14H16N4O2/c1-15-12-4-5-16-9-11(12)14(19)18-8-10-3-6-17-13(7-10)20-2/h3-7,9H,8H2,1-2H3,(H,15,16)(H,18,19). The summed E-state index contributed by atoms with van der Waals surface area (Å²) in [5.74, 6) is 0.340. The van der Waals surface area contributed by atoms with Crippen LogP contribution in [-0.4, -0.2) is 30.0 Å². The van der Waals surface area contributed by atoms with E-state index in [1.54, 1.807) is 38.7 Å². The fourth-order valence-electron chi connectivity index (χ4n) is 1.74. The molecule has 0 fully saturated rings. The normalized spacial score (nSPS) is 9.90. The maximum atomic E-state index is 12.1. The van der Waals surface area contributed by atoms with Crippen LogP contribution in [0.3, 0.4) is 0 Å². The van der Waals surface area contributed by atoms with E-state index in [9.17, 15) is 4.79 Å². The molecule has 1 amide bonds. The number of carbonyl (C=O) groups excluding carboxylic acids is 1. The van der Waals surface area contributed by atoms with Crippen LogP contribution in [0.1, 0.15) is 15.9 Å². The molecule has 2 aromatic rings. The summed E-state index contributed by atoms with van der Waals surface area (Å²) in [4.78, 5) is 20.1. The van der Waals surface area contributed by atoms with Crippen LogP contribution in [0, 0.1) is 0 Å². The van der Waals surface area contributed by atoms with Crippen molar-refractivity contribution in [3.8, 4) is 5.88 Å². The summed E-state index contributed by atoms with van der Waals surface area (Å²) in [6.45, 7) is 0.399. The van der Waals surface area contributed by atoms with Crippen LogP contribution in [-0.2, 0) is 6.54 Å². The molecule has 0 atom stereocenters. The average molecular weight is 272 g/mol. The van der Waals surface area contributed by atoms with Gasteiger partial charge in [-0.25, -0.2) is 4.98 Å². The maximum Gasteiger partial charge on any atom is 0.255 e. The van der Waals surface area contributed by atoms with Gasteiger partial charge >= 0.3 is 0 Å². The Hall–Kier alpha value is -2.63. The minimum Gasteiger partial charge on any atom is -0.481 e. The van der Waals surface area contributed by atoms with Crippen LogP contribution in [0.25, 0.3) is 0 Å². The van der Waals surface area contributed by atoms with Crippen LogP contribution in [0.15, 0.2) is 36.8 Å². The van der Waals surface area contributed by atoms with Gasteiger partial charge in [-0.05, 0) is 17.7 Å². The Kier molecular flexibility index (Phi) is 4.49. The van der Waals surface area contributed by atoms with Gasteiger partial charge in [-0.3, -0.25) is 9.78 Å². The van der Waals surface area contributed by atoms with Crippen LogP contribution in [0.4, 0.5) is 5.69 Å². The number of hydrogen-bond donors (Lipinski definition) is 2. The SMILES string of the molecule is CNc1ccncc1C(=O)NCc1ccnc(OC)c1. The number of hydrogen-bond acceptors (Lipinski definition) is 5. The van der Waals surface area contributed by atoms with Gasteiger partial charge in [0.1, 0.15) is 0 Å². The van der Waals surface area contributed by atoms with Gasteiger partial charge in [0.2, 0.25) is 5.88 Å². The van der Waals surface area contributed by atoms with E-state index in [0.29, 0.717) is 18.0 Å². The number of anilines is 1. The number of carbonyl (C=O) groups is 1. The monoisotopic (exact) mass is 272 g/mol. The third kappa shape index (κ3) is 3.23. The molecule has 2 aromatic heterocycles. The van der Waals surface area contributed by atoms with E-state index in [1.165, 1.54) is 6.20 Å². The zero-order valence-electron chi connectivity index (χ0n) is 11.4. The second kappa shape index (κ2) is 6.51. The van der Waals surface area contributed by atoms with E-state index >= 15 is 0 Å². The van der Waals surface area contributed by atoms with Crippen molar-refractivity contribution in [3.63, 3.8) is 0 Å². The van der Waals surface area contributed by atoms with Crippen molar-refractivity contribution >= 4 is 11.6 Å². The Balaban J connectivity index is 2.04. The van der Waals surface area contributed by atoms with Crippen molar-refractivity contribution < 1.29 is 9.53 Å². The number of nitrogens with one attached hydrogen (secondary N) is 2. The van der Waals surface area contributed by atoms with Crippen LogP contribution in [0.2, 0.25) is 0 Å². The quantitative estimate of drug-likeness (QED) is 0.861. The molecular formula is C14H16N4O2. The summed E-state index contributed by atoms with van der Waals surface area (Å²) in [6, 6.07) is 5.36. The molecule has 20 heavy (non-hydrogen) atoms. The fraction of sp³-hybridized carbons (Fsp3) is 0.214. The van der Waals surface area contributed by atoms with Gasteiger partial charge in [0.25, 0.3) is 5.91 Å². The summed E-state index contributed by atoms with van der Waals surface area (Å²) in [7, 11) is 3.32. The Morgan fingerprint density at radius 2 is 2.20 bits per heavy atom. The van der Waals surface area contributed by atoms with Crippen LogP contribution < -0.4 is 15.4 Å². The van der Waals surface area contributed by atoms with Gasteiger partial charge in [-0.1, -0.05) is 0 Å². The van der Waals surface area contributed by atoms with Crippen molar-refractivity contribution in [2.45, 2.75) is 6.54 Å². The summed E-state index contributed by atoms with van der Waals surface area (Å²) in [5.41, 5.74) is 2.17. The summed E-state index contributed by atoms with van der Waals surface area (Å²) < 4.78 is 5.04. The summed E-state index contributed by atoms with van der Waals surface area (Å²) in [5, 5.41) is 5.80. The molecule has 0 unspecified atom stereocenters. The van der Waals surface area contributed by atoms with Gasteiger partial charge in [-0.2, -0.15) is 0 Å². The van der Waals surface area contributed by atoms with Crippen molar-refractivity contribution in [1.29, 1.82) is 0 Å². The molecule has 0 bridgehead atoms. The first-order valence-corrected chi connectivity index (χ1v) is 6.13. The zero-order valence-corrected chi connectivity index (χ0v) is 11.4. The van der Waals surface area contributed by atoms with E-state index in [2.05, 4.69) is 20.6 Å². The fourth-order valence-corrected chi connectivity index (χ4v) is 1.74. The number of nitrogens with zero attached hydrogens (tertiary/aromatic N) is 2. The number of methoxy groups -OCH3 is 1. The molecule has 0 aliphatic heterocycles. The van der Waals surface area contributed by atoms with E-state index in [0.717, 1.165) is 11.3 Å². The summed E-state index contributed by atoms with van der Waals surface area (Å²) in [6.07, 6.45) is 4.81. The smallest absolute Gasteiger partial charge is 0.255 e. The third-order valence-electron chi connectivity index (χ3n) is 2.80. The highest BCUT2D eigenvalue weighted by Crippen LogP contribution is 2.13. The van der Waals surface area contributed by atoms with E-state index < -0.39 is 0 Å². The number of aromatic nitrogens is 2. The molecule has 0 saturated heterocycles. The molecule has 2 heterocycles. The molecule has 2 rings (SSSR count). The number of amides is 1. The molecule has 0 spiro atoms. The lowest BCUT2D eigenvalue weighted by molar-refractivity contribution is 0.0951. The topological polar surface area (TPSA) is 76.1 Å². The lowest BCUT2D eigenvalue weighted by atomic mass is 10.2. The highest BCUT2D eigenvalue weighted by molar-refractivity contribution is 5.99. The zero-order chi connectivity index (χ0) is 14.4. The molecule has 2 N–H and O–H groups in total. The summed E-state index contributed by atoms with van der Waals surface area (Å²) >= 11 is 0. The maximum absolute atomic E-state index is 12.1.